The third kappa shape index (κ3) is 4.25. The summed E-state index contributed by atoms with van der Waals surface area (Å²) in [6, 6.07) is 0. The Morgan fingerprint density at radius 3 is 2.21 bits per heavy atom. The summed E-state index contributed by atoms with van der Waals surface area (Å²) >= 11 is 0. The molecule has 2 atom stereocenters. The number of carboxylic acids is 1. The van der Waals surface area contributed by atoms with Gasteiger partial charge in [0.25, 0.3) is 0 Å². The van der Waals surface area contributed by atoms with Gasteiger partial charge in [0.05, 0.1) is 27.2 Å². The Labute approximate surface area is 144 Å². The van der Waals surface area contributed by atoms with Crippen LogP contribution in [0.5, 0.6) is 0 Å². The molecule has 0 bridgehead atoms. The molecule has 0 aliphatic heterocycles. The van der Waals surface area contributed by atoms with Gasteiger partial charge in [0, 0.05) is 6.42 Å². The Hall–Kier alpha value is -1.65. The molecule has 1 N–H and O–H groups in total. The summed E-state index contributed by atoms with van der Waals surface area (Å²) in [7, 11) is 4.78. The zero-order chi connectivity index (χ0) is 17.5. The standard InChI is InChI=1S/C19H30O5/c1-22-15-11-10-14(12-16(23-2)18(15)24-3)17(19(20)21)13-8-6-4-5-7-9-13/h12-14,17H,4-11H2,1-3H3,(H,20,21)/t14?,17-/m0/s1. The molecule has 0 saturated heterocycles. The molecule has 2 aliphatic carbocycles. The number of rotatable bonds is 6. The summed E-state index contributed by atoms with van der Waals surface area (Å²) in [6.07, 6.45) is 10.0. The van der Waals surface area contributed by atoms with Gasteiger partial charge in [-0.3, -0.25) is 4.79 Å². The first-order chi connectivity index (χ1) is 11.6. The predicted octanol–water partition coefficient (Wildman–Crippen LogP) is 4.10. The number of aliphatic carboxylic acids is 1. The number of ether oxygens (including phenoxy) is 3. The fourth-order valence-corrected chi connectivity index (χ4v) is 4.16. The molecule has 1 fully saturated rings. The van der Waals surface area contributed by atoms with Crippen LogP contribution in [0.15, 0.2) is 23.4 Å². The van der Waals surface area contributed by atoms with E-state index in [0.29, 0.717) is 17.9 Å². The van der Waals surface area contributed by atoms with Crippen LogP contribution in [0.25, 0.3) is 0 Å². The maximum Gasteiger partial charge on any atom is 0.307 e. The highest BCUT2D eigenvalue weighted by atomic mass is 16.5. The number of methoxy groups -OCH3 is 3. The van der Waals surface area contributed by atoms with Crippen molar-refractivity contribution in [1.82, 2.24) is 0 Å². The quantitative estimate of drug-likeness (QED) is 0.739. The molecule has 0 radical (unpaired) electrons. The van der Waals surface area contributed by atoms with Crippen LogP contribution in [-0.2, 0) is 19.0 Å². The lowest BCUT2D eigenvalue weighted by Crippen LogP contribution is -2.30. The van der Waals surface area contributed by atoms with Crippen molar-refractivity contribution in [3.63, 3.8) is 0 Å². The monoisotopic (exact) mass is 338 g/mol. The second kappa shape index (κ2) is 9.00. The van der Waals surface area contributed by atoms with Gasteiger partial charge in [-0.15, -0.1) is 0 Å². The molecule has 0 aromatic heterocycles. The van der Waals surface area contributed by atoms with E-state index in [1.807, 2.05) is 6.08 Å². The van der Waals surface area contributed by atoms with Crippen molar-refractivity contribution in [3.05, 3.63) is 23.4 Å². The van der Waals surface area contributed by atoms with Crippen LogP contribution in [0, 0.1) is 17.8 Å². The van der Waals surface area contributed by atoms with E-state index < -0.39 is 5.97 Å². The molecule has 0 amide bonds. The van der Waals surface area contributed by atoms with Crippen LogP contribution < -0.4 is 0 Å². The molecular weight excluding hydrogens is 308 g/mol. The van der Waals surface area contributed by atoms with Gasteiger partial charge in [-0.2, -0.15) is 0 Å². The van der Waals surface area contributed by atoms with Gasteiger partial charge < -0.3 is 19.3 Å². The second-order valence-electron chi connectivity index (χ2n) is 6.71. The lowest BCUT2D eigenvalue weighted by molar-refractivity contribution is -0.145. The number of hydrogen-bond acceptors (Lipinski definition) is 4. The summed E-state index contributed by atoms with van der Waals surface area (Å²) in [5.74, 6) is 0.973. The molecule has 0 aromatic carbocycles. The highest BCUT2D eigenvalue weighted by Crippen LogP contribution is 2.39. The Morgan fingerprint density at radius 1 is 1.04 bits per heavy atom. The van der Waals surface area contributed by atoms with Crippen molar-refractivity contribution in [2.75, 3.05) is 21.3 Å². The van der Waals surface area contributed by atoms with Gasteiger partial charge in [-0.05, 0) is 37.2 Å². The lowest BCUT2D eigenvalue weighted by Gasteiger charge is -2.28. The van der Waals surface area contributed by atoms with Crippen LogP contribution in [0.4, 0.5) is 0 Å². The maximum atomic E-state index is 12.1. The molecule has 1 saturated carbocycles. The molecule has 2 aliphatic rings. The van der Waals surface area contributed by atoms with E-state index in [1.165, 1.54) is 12.8 Å². The maximum absolute atomic E-state index is 12.1. The van der Waals surface area contributed by atoms with Crippen molar-refractivity contribution in [2.45, 2.75) is 51.4 Å². The second-order valence-corrected chi connectivity index (χ2v) is 6.71. The smallest absolute Gasteiger partial charge is 0.307 e. The summed E-state index contributed by atoms with van der Waals surface area (Å²) < 4.78 is 16.4. The SMILES string of the molecule is COC1=CC([C@@H](C(=O)O)C2CCCCCC2)CCC(OC)=C1OC. The van der Waals surface area contributed by atoms with Crippen molar-refractivity contribution in [2.24, 2.45) is 17.8 Å². The largest absolute Gasteiger partial charge is 0.497 e. The normalized spacial score (nSPS) is 24.5. The van der Waals surface area contributed by atoms with E-state index in [9.17, 15) is 9.90 Å². The van der Waals surface area contributed by atoms with Crippen LogP contribution in [0.3, 0.4) is 0 Å². The summed E-state index contributed by atoms with van der Waals surface area (Å²) in [4.78, 5) is 12.1. The van der Waals surface area contributed by atoms with E-state index in [1.54, 1.807) is 21.3 Å². The third-order valence-corrected chi connectivity index (χ3v) is 5.37. The highest BCUT2D eigenvalue weighted by Gasteiger charge is 2.36. The summed E-state index contributed by atoms with van der Waals surface area (Å²) in [5.41, 5.74) is 0. The predicted molar refractivity (Wildman–Crippen MR) is 91.2 cm³/mol. The number of carboxylic acid groups (broad SMARTS) is 1. The number of allylic oxidation sites excluding steroid dienone is 2. The first-order valence-electron chi connectivity index (χ1n) is 8.92. The van der Waals surface area contributed by atoms with Crippen LogP contribution in [0.1, 0.15) is 51.4 Å². The van der Waals surface area contributed by atoms with E-state index in [2.05, 4.69) is 0 Å². The molecule has 5 heteroatoms. The fraction of sp³-hybridized carbons (Fsp3) is 0.737. The zero-order valence-corrected chi connectivity index (χ0v) is 15.0. The summed E-state index contributed by atoms with van der Waals surface area (Å²) in [6.45, 7) is 0. The van der Waals surface area contributed by atoms with Gasteiger partial charge >= 0.3 is 5.97 Å². The zero-order valence-electron chi connectivity index (χ0n) is 15.0. The Bertz CT molecular complexity index is 486. The third-order valence-electron chi connectivity index (χ3n) is 5.37. The minimum atomic E-state index is -0.696. The Balaban J connectivity index is 2.29. The molecule has 5 nitrogen and oxygen atoms in total. The average molecular weight is 338 g/mol. The lowest BCUT2D eigenvalue weighted by atomic mass is 9.76. The van der Waals surface area contributed by atoms with E-state index >= 15 is 0 Å². The number of hydrogen-bond donors (Lipinski definition) is 1. The fourth-order valence-electron chi connectivity index (χ4n) is 4.16. The van der Waals surface area contributed by atoms with Crippen molar-refractivity contribution in [3.8, 4) is 0 Å². The molecule has 24 heavy (non-hydrogen) atoms. The first kappa shape index (κ1) is 18.7. The molecule has 0 aromatic rings. The van der Waals surface area contributed by atoms with Crippen LogP contribution in [-0.4, -0.2) is 32.4 Å². The van der Waals surface area contributed by atoms with E-state index in [4.69, 9.17) is 14.2 Å². The van der Waals surface area contributed by atoms with Gasteiger partial charge in [-0.25, -0.2) is 0 Å². The van der Waals surface area contributed by atoms with Crippen LogP contribution in [0.2, 0.25) is 0 Å². The number of carbonyl (C=O) groups is 1. The molecule has 136 valence electrons. The topological polar surface area (TPSA) is 65.0 Å². The van der Waals surface area contributed by atoms with Gasteiger partial charge in [0.1, 0.15) is 5.76 Å². The van der Waals surface area contributed by atoms with Gasteiger partial charge in [0.2, 0.25) is 0 Å². The first-order valence-corrected chi connectivity index (χ1v) is 8.92. The molecule has 0 heterocycles. The summed E-state index contributed by atoms with van der Waals surface area (Å²) in [5, 5.41) is 9.92. The minimum absolute atomic E-state index is 0.0710. The van der Waals surface area contributed by atoms with Crippen molar-refractivity contribution < 1.29 is 24.1 Å². The molecular formula is C19H30O5. The Morgan fingerprint density at radius 2 is 1.71 bits per heavy atom. The minimum Gasteiger partial charge on any atom is -0.497 e. The van der Waals surface area contributed by atoms with Crippen molar-refractivity contribution in [1.29, 1.82) is 0 Å². The Kier molecular flexibility index (Phi) is 7.00. The van der Waals surface area contributed by atoms with Crippen LogP contribution >= 0.6 is 0 Å². The molecule has 0 spiro atoms. The van der Waals surface area contributed by atoms with Gasteiger partial charge in [0.15, 0.2) is 11.5 Å². The molecule has 2 rings (SSSR count). The van der Waals surface area contributed by atoms with Gasteiger partial charge in [-0.1, -0.05) is 25.7 Å². The van der Waals surface area contributed by atoms with E-state index in [-0.39, 0.29) is 17.8 Å². The highest BCUT2D eigenvalue weighted by molar-refractivity contribution is 5.71. The van der Waals surface area contributed by atoms with E-state index in [0.717, 1.165) is 37.9 Å². The van der Waals surface area contributed by atoms with Crippen molar-refractivity contribution >= 4 is 5.97 Å². The molecule has 1 unspecified atom stereocenters. The average Bonchev–Trinajstić information content (AvgIpc) is 2.93.